The van der Waals surface area contributed by atoms with Crippen molar-refractivity contribution in [2.24, 2.45) is 5.92 Å². The monoisotopic (exact) mass is 280 g/mol. The summed E-state index contributed by atoms with van der Waals surface area (Å²) in [5.41, 5.74) is 1.60. The number of phenols is 1. The summed E-state index contributed by atoms with van der Waals surface area (Å²) in [7, 11) is 1.63. The number of carbonyl (C=O) groups is 1. The van der Waals surface area contributed by atoms with Gasteiger partial charge in [-0.2, -0.15) is 5.26 Å². The van der Waals surface area contributed by atoms with E-state index in [-0.39, 0.29) is 11.7 Å². The first-order valence-corrected chi connectivity index (χ1v) is 6.62. The number of benzene rings is 2. The molecule has 0 saturated heterocycles. The molecular formula is C17H16N2O2. The van der Waals surface area contributed by atoms with Crippen LogP contribution in [0.5, 0.6) is 5.75 Å². The Morgan fingerprint density at radius 2 is 1.81 bits per heavy atom. The van der Waals surface area contributed by atoms with Crippen molar-refractivity contribution in [3.8, 4) is 11.8 Å². The van der Waals surface area contributed by atoms with Crippen LogP contribution in [0.4, 0.5) is 5.69 Å². The van der Waals surface area contributed by atoms with Crippen LogP contribution in [0, 0.1) is 17.2 Å². The van der Waals surface area contributed by atoms with E-state index in [2.05, 4.69) is 6.07 Å². The van der Waals surface area contributed by atoms with E-state index in [1.807, 2.05) is 30.3 Å². The number of amides is 1. The molecule has 0 aliphatic heterocycles. The van der Waals surface area contributed by atoms with Crippen LogP contribution in [0.3, 0.4) is 0 Å². The number of nitrogens with zero attached hydrogens (tertiary/aromatic N) is 2. The second kappa shape index (κ2) is 6.58. The second-order valence-electron chi connectivity index (χ2n) is 4.79. The summed E-state index contributed by atoms with van der Waals surface area (Å²) in [4.78, 5) is 13.8. The molecule has 1 N–H and O–H groups in total. The lowest BCUT2D eigenvalue weighted by molar-refractivity contribution is -0.120. The Morgan fingerprint density at radius 3 is 2.38 bits per heavy atom. The summed E-state index contributed by atoms with van der Waals surface area (Å²) in [5, 5.41) is 18.5. The number of nitriles is 1. The third-order valence-corrected chi connectivity index (χ3v) is 3.30. The molecule has 21 heavy (non-hydrogen) atoms. The Labute approximate surface area is 123 Å². The molecule has 0 bridgehead atoms. The summed E-state index contributed by atoms with van der Waals surface area (Å²) in [6, 6.07) is 17.9. The maximum atomic E-state index is 12.4. The molecular weight excluding hydrogens is 264 g/mol. The summed E-state index contributed by atoms with van der Waals surface area (Å²) in [6.07, 6.45) is 0.387. The van der Waals surface area contributed by atoms with Crippen molar-refractivity contribution in [1.82, 2.24) is 0 Å². The molecule has 0 radical (unpaired) electrons. The Hall–Kier alpha value is -2.80. The minimum Gasteiger partial charge on any atom is -0.508 e. The Morgan fingerprint density at radius 1 is 1.19 bits per heavy atom. The summed E-state index contributed by atoms with van der Waals surface area (Å²) < 4.78 is 0. The molecule has 2 aromatic rings. The van der Waals surface area contributed by atoms with Crippen molar-refractivity contribution in [3.63, 3.8) is 0 Å². The van der Waals surface area contributed by atoms with E-state index in [0.717, 1.165) is 5.56 Å². The largest absolute Gasteiger partial charge is 0.508 e. The first-order valence-electron chi connectivity index (χ1n) is 6.62. The van der Waals surface area contributed by atoms with Crippen LogP contribution in [0.25, 0.3) is 0 Å². The zero-order chi connectivity index (χ0) is 15.2. The maximum absolute atomic E-state index is 12.4. The first kappa shape index (κ1) is 14.6. The third kappa shape index (κ3) is 3.61. The normalized spacial score (nSPS) is 11.4. The van der Waals surface area contributed by atoms with Crippen molar-refractivity contribution in [1.29, 1.82) is 5.26 Å². The number of phenolic OH excluding ortho intramolecular Hbond substituents is 1. The Balaban J connectivity index is 2.13. The van der Waals surface area contributed by atoms with Crippen molar-refractivity contribution in [3.05, 3.63) is 60.2 Å². The van der Waals surface area contributed by atoms with E-state index in [9.17, 15) is 15.2 Å². The van der Waals surface area contributed by atoms with Crippen LogP contribution < -0.4 is 4.90 Å². The first-order chi connectivity index (χ1) is 10.1. The van der Waals surface area contributed by atoms with Gasteiger partial charge in [-0.15, -0.1) is 0 Å². The second-order valence-corrected chi connectivity index (χ2v) is 4.79. The maximum Gasteiger partial charge on any atom is 0.244 e. The molecule has 0 heterocycles. The van der Waals surface area contributed by atoms with E-state index in [1.165, 1.54) is 17.0 Å². The average Bonchev–Trinajstić information content (AvgIpc) is 2.53. The number of rotatable bonds is 4. The molecule has 1 amide bonds. The van der Waals surface area contributed by atoms with Crippen LogP contribution in [-0.2, 0) is 11.2 Å². The molecule has 1 atom stereocenters. The van der Waals surface area contributed by atoms with Crippen LogP contribution in [-0.4, -0.2) is 18.1 Å². The highest BCUT2D eigenvalue weighted by atomic mass is 16.3. The number of anilines is 1. The standard InChI is InChI=1S/C17H16N2O2/c1-19(15-7-9-16(20)10-8-15)17(21)14(12-18)11-13-5-3-2-4-6-13/h2-10,14,20H,11H2,1H3. The molecule has 0 aliphatic carbocycles. The predicted octanol–water partition coefficient (Wildman–Crippen LogP) is 2.74. The van der Waals surface area contributed by atoms with Gasteiger partial charge in [0.1, 0.15) is 11.7 Å². The van der Waals surface area contributed by atoms with Crippen molar-refractivity contribution in [2.75, 3.05) is 11.9 Å². The summed E-state index contributed by atoms with van der Waals surface area (Å²) >= 11 is 0. The molecule has 1 unspecified atom stereocenters. The molecule has 0 spiro atoms. The van der Waals surface area contributed by atoms with Gasteiger partial charge in [0.05, 0.1) is 6.07 Å². The highest BCUT2D eigenvalue weighted by Gasteiger charge is 2.23. The highest BCUT2D eigenvalue weighted by molar-refractivity contribution is 5.96. The van der Waals surface area contributed by atoms with E-state index in [0.29, 0.717) is 12.1 Å². The molecule has 2 rings (SSSR count). The van der Waals surface area contributed by atoms with Crippen LogP contribution in [0.1, 0.15) is 5.56 Å². The minimum absolute atomic E-state index is 0.140. The van der Waals surface area contributed by atoms with Gasteiger partial charge in [0.25, 0.3) is 0 Å². The van der Waals surface area contributed by atoms with Gasteiger partial charge in [-0.1, -0.05) is 30.3 Å². The van der Waals surface area contributed by atoms with Gasteiger partial charge < -0.3 is 10.0 Å². The third-order valence-electron chi connectivity index (χ3n) is 3.30. The Bertz CT molecular complexity index is 645. The van der Waals surface area contributed by atoms with Gasteiger partial charge >= 0.3 is 0 Å². The van der Waals surface area contributed by atoms with E-state index < -0.39 is 5.92 Å². The molecule has 0 aliphatic rings. The fourth-order valence-corrected chi connectivity index (χ4v) is 2.08. The molecule has 0 saturated carbocycles. The lowest BCUT2D eigenvalue weighted by Gasteiger charge is -2.20. The van der Waals surface area contributed by atoms with E-state index >= 15 is 0 Å². The molecule has 106 valence electrons. The van der Waals surface area contributed by atoms with Crippen LogP contribution in [0.2, 0.25) is 0 Å². The minimum atomic E-state index is -0.730. The van der Waals surface area contributed by atoms with E-state index in [4.69, 9.17) is 0 Å². The van der Waals surface area contributed by atoms with Crippen molar-refractivity contribution < 1.29 is 9.90 Å². The van der Waals surface area contributed by atoms with Crippen LogP contribution in [0.15, 0.2) is 54.6 Å². The summed E-state index contributed by atoms with van der Waals surface area (Å²) in [5.74, 6) is -0.848. The van der Waals surface area contributed by atoms with Gasteiger partial charge in [0, 0.05) is 12.7 Å². The fraction of sp³-hybridized carbons (Fsp3) is 0.176. The van der Waals surface area contributed by atoms with Gasteiger partial charge in [0.2, 0.25) is 5.91 Å². The molecule has 2 aromatic carbocycles. The van der Waals surface area contributed by atoms with Gasteiger partial charge in [0.15, 0.2) is 0 Å². The van der Waals surface area contributed by atoms with Crippen molar-refractivity contribution in [2.45, 2.75) is 6.42 Å². The van der Waals surface area contributed by atoms with Crippen molar-refractivity contribution >= 4 is 11.6 Å². The lowest BCUT2D eigenvalue weighted by atomic mass is 9.99. The molecule has 0 aromatic heterocycles. The zero-order valence-corrected chi connectivity index (χ0v) is 11.7. The molecule has 0 fully saturated rings. The SMILES string of the molecule is CN(C(=O)C(C#N)Cc1ccccc1)c1ccc(O)cc1. The average molecular weight is 280 g/mol. The quantitative estimate of drug-likeness (QED) is 0.936. The molecule has 4 nitrogen and oxygen atoms in total. The van der Waals surface area contributed by atoms with E-state index in [1.54, 1.807) is 19.2 Å². The topological polar surface area (TPSA) is 64.3 Å². The van der Waals surface area contributed by atoms with Gasteiger partial charge in [-0.05, 0) is 36.2 Å². The smallest absolute Gasteiger partial charge is 0.244 e. The number of hydrogen-bond acceptors (Lipinski definition) is 3. The predicted molar refractivity (Wildman–Crippen MR) is 80.8 cm³/mol. The number of carbonyl (C=O) groups excluding carboxylic acids is 1. The highest BCUT2D eigenvalue weighted by Crippen LogP contribution is 2.20. The van der Waals surface area contributed by atoms with Gasteiger partial charge in [-0.25, -0.2) is 0 Å². The Kier molecular flexibility index (Phi) is 4.57. The number of hydrogen-bond donors (Lipinski definition) is 1. The summed E-state index contributed by atoms with van der Waals surface area (Å²) in [6.45, 7) is 0. The molecule has 4 heteroatoms. The fourth-order valence-electron chi connectivity index (χ4n) is 2.08. The lowest BCUT2D eigenvalue weighted by Crippen LogP contribution is -2.33. The van der Waals surface area contributed by atoms with Gasteiger partial charge in [-0.3, -0.25) is 4.79 Å². The number of aromatic hydroxyl groups is 1. The zero-order valence-electron chi connectivity index (χ0n) is 11.7. The van der Waals surface area contributed by atoms with Crippen LogP contribution >= 0.6 is 0 Å².